The minimum Gasteiger partial charge on any atom is -0.345 e. The van der Waals surface area contributed by atoms with Gasteiger partial charge >= 0.3 is 6.03 Å². The average molecular weight is 384 g/mol. The number of piperazine rings is 1. The molecule has 1 aromatic heterocycles. The number of carbonyl (C=O) groups excluding carboxylic acids is 1. The van der Waals surface area contributed by atoms with Crippen LogP contribution in [0.5, 0.6) is 0 Å². The smallest absolute Gasteiger partial charge is 0.321 e. The van der Waals surface area contributed by atoms with Crippen molar-refractivity contribution in [2.24, 2.45) is 0 Å². The number of rotatable bonds is 2. The third-order valence-corrected chi connectivity index (χ3v) is 6.01. The molecular weight excluding hydrogens is 363 g/mol. The number of urea groups is 1. The summed E-state index contributed by atoms with van der Waals surface area (Å²) >= 11 is 1.71. The van der Waals surface area contributed by atoms with Crippen LogP contribution in [0.15, 0.2) is 36.4 Å². The monoisotopic (exact) mass is 384 g/mol. The lowest BCUT2D eigenvalue weighted by Gasteiger charge is -2.34. The molecule has 3 aromatic rings. The van der Waals surface area contributed by atoms with E-state index in [1.807, 2.05) is 0 Å². The third kappa shape index (κ3) is 3.73. The number of amides is 2. The molecule has 1 saturated heterocycles. The van der Waals surface area contributed by atoms with Gasteiger partial charge in [-0.3, -0.25) is 0 Å². The number of aromatic nitrogens is 1. The summed E-state index contributed by atoms with van der Waals surface area (Å²) in [5.74, 6) is -0.317. The van der Waals surface area contributed by atoms with Crippen LogP contribution in [0.1, 0.15) is 11.1 Å². The Labute approximate surface area is 161 Å². The van der Waals surface area contributed by atoms with Crippen molar-refractivity contribution < 1.29 is 9.18 Å². The molecule has 140 valence electrons. The van der Waals surface area contributed by atoms with E-state index >= 15 is 0 Å². The summed E-state index contributed by atoms with van der Waals surface area (Å²) in [5, 5.41) is 3.83. The van der Waals surface area contributed by atoms with Crippen molar-refractivity contribution in [3.63, 3.8) is 0 Å². The SMILES string of the molecule is Cc1cc(C)c2sc(N3CCN(C(=O)Nc4ccc(F)cc4)CC3)nc2c1. The van der Waals surface area contributed by atoms with Crippen molar-refractivity contribution in [3.05, 3.63) is 53.3 Å². The largest absolute Gasteiger partial charge is 0.345 e. The Balaban J connectivity index is 1.40. The van der Waals surface area contributed by atoms with Crippen molar-refractivity contribution in [2.75, 3.05) is 36.4 Å². The number of anilines is 2. The molecule has 1 aliphatic heterocycles. The Hall–Kier alpha value is -2.67. The van der Waals surface area contributed by atoms with Crippen molar-refractivity contribution in [1.29, 1.82) is 0 Å². The van der Waals surface area contributed by atoms with E-state index in [0.717, 1.165) is 23.7 Å². The second-order valence-electron chi connectivity index (χ2n) is 6.84. The molecule has 7 heteroatoms. The molecule has 0 unspecified atom stereocenters. The van der Waals surface area contributed by atoms with Gasteiger partial charge in [0.05, 0.1) is 10.2 Å². The van der Waals surface area contributed by atoms with Gasteiger partial charge in [-0.25, -0.2) is 14.2 Å². The number of benzene rings is 2. The number of aryl methyl sites for hydroxylation is 2. The molecule has 1 aliphatic rings. The molecule has 5 nitrogen and oxygen atoms in total. The Kier molecular flexibility index (Phi) is 4.70. The second-order valence-corrected chi connectivity index (χ2v) is 7.82. The minimum atomic E-state index is -0.317. The maximum Gasteiger partial charge on any atom is 0.321 e. The molecule has 0 atom stereocenters. The lowest BCUT2D eigenvalue weighted by Crippen LogP contribution is -2.50. The number of nitrogens with zero attached hydrogens (tertiary/aromatic N) is 3. The fraction of sp³-hybridized carbons (Fsp3) is 0.300. The zero-order chi connectivity index (χ0) is 19.0. The summed E-state index contributed by atoms with van der Waals surface area (Å²) in [6.45, 7) is 6.95. The van der Waals surface area contributed by atoms with E-state index in [2.05, 4.69) is 36.2 Å². The van der Waals surface area contributed by atoms with E-state index < -0.39 is 0 Å². The van der Waals surface area contributed by atoms with Gasteiger partial charge in [0.25, 0.3) is 0 Å². The predicted molar refractivity (Wildman–Crippen MR) is 108 cm³/mol. The highest BCUT2D eigenvalue weighted by molar-refractivity contribution is 7.22. The van der Waals surface area contributed by atoms with Crippen LogP contribution in [0.4, 0.5) is 20.0 Å². The maximum atomic E-state index is 13.0. The van der Waals surface area contributed by atoms with Crippen LogP contribution in [-0.4, -0.2) is 42.1 Å². The molecular formula is C20H21FN4OS. The number of carbonyl (C=O) groups is 1. The average Bonchev–Trinajstić information content (AvgIpc) is 3.08. The molecule has 1 N–H and O–H groups in total. The first-order chi connectivity index (χ1) is 13.0. The second kappa shape index (κ2) is 7.15. The summed E-state index contributed by atoms with van der Waals surface area (Å²) in [5.41, 5.74) is 4.12. The fourth-order valence-electron chi connectivity index (χ4n) is 3.34. The van der Waals surface area contributed by atoms with Crippen LogP contribution in [0.25, 0.3) is 10.2 Å². The molecule has 27 heavy (non-hydrogen) atoms. The van der Waals surface area contributed by atoms with Gasteiger partial charge in [-0.05, 0) is 55.3 Å². The van der Waals surface area contributed by atoms with E-state index in [1.54, 1.807) is 28.4 Å². The van der Waals surface area contributed by atoms with Gasteiger partial charge in [0.2, 0.25) is 0 Å². The summed E-state index contributed by atoms with van der Waals surface area (Å²) in [7, 11) is 0. The summed E-state index contributed by atoms with van der Waals surface area (Å²) in [6.07, 6.45) is 0. The summed E-state index contributed by atoms with van der Waals surface area (Å²) < 4.78 is 14.2. The van der Waals surface area contributed by atoms with E-state index in [4.69, 9.17) is 4.98 Å². The minimum absolute atomic E-state index is 0.156. The van der Waals surface area contributed by atoms with Gasteiger partial charge in [0, 0.05) is 31.9 Å². The zero-order valence-electron chi connectivity index (χ0n) is 15.3. The number of fused-ring (bicyclic) bond motifs is 1. The van der Waals surface area contributed by atoms with Gasteiger partial charge in [0.1, 0.15) is 5.82 Å². The van der Waals surface area contributed by atoms with Crippen molar-refractivity contribution >= 4 is 38.4 Å². The van der Waals surface area contributed by atoms with E-state index in [9.17, 15) is 9.18 Å². The van der Waals surface area contributed by atoms with Gasteiger partial charge in [-0.2, -0.15) is 0 Å². The van der Waals surface area contributed by atoms with Crippen LogP contribution in [0, 0.1) is 19.7 Å². The summed E-state index contributed by atoms with van der Waals surface area (Å²) in [4.78, 5) is 21.2. The quantitative estimate of drug-likeness (QED) is 0.712. The molecule has 4 rings (SSSR count). The number of halogens is 1. The number of hydrogen-bond acceptors (Lipinski definition) is 4. The van der Waals surface area contributed by atoms with E-state index in [1.165, 1.54) is 28.0 Å². The lowest BCUT2D eigenvalue weighted by atomic mass is 10.1. The third-order valence-electron chi connectivity index (χ3n) is 4.74. The number of nitrogens with one attached hydrogen (secondary N) is 1. The molecule has 0 aliphatic carbocycles. The standard InChI is InChI=1S/C20H21FN4OS/c1-13-11-14(2)18-17(12-13)23-20(27-18)25-9-7-24(8-10-25)19(26)22-16-5-3-15(21)4-6-16/h3-6,11-12H,7-10H2,1-2H3,(H,22,26). The van der Waals surface area contributed by atoms with Crippen molar-refractivity contribution in [2.45, 2.75) is 13.8 Å². The molecule has 2 heterocycles. The first-order valence-corrected chi connectivity index (χ1v) is 9.75. The highest BCUT2D eigenvalue weighted by Crippen LogP contribution is 2.32. The van der Waals surface area contributed by atoms with Crippen molar-refractivity contribution in [1.82, 2.24) is 9.88 Å². The molecule has 1 fully saturated rings. The number of thiazole rings is 1. The fourth-order valence-corrected chi connectivity index (χ4v) is 4.40. The first kappa shape index (κ1) is 17.7. The highest BCUT2D eigenvalue weighted by Gasteiger charge is 2.23. The van der Waals surface area contributed by atoms with Gasteiger partial charge < -0.3 is 15.1 Å². The van der Waals surface area contributed by atoms with E-state index in [0.29, 0.717) is 18.8 Å². The predicted octanol–water partition coefficient (Wildman–Crippen LogP) is 4.41. The molecule has 0 saturated carbocycles. The van der Waals surface area contributed by atoms with Crippen LogP contribution < -0.4 is 10.2 Å². The zero-order valence-corrected chi connectivity index (χ0v) is 16.1. The number of hydrogen-bond donors (Lipinski definition) is 1. The Morgan fingerprint density at radius 3 is 2.52 bits per heavy atom. The molecule has 0 spiro atoms. The summed E-state index contributed by atoms with van der Waals surface area (Å²) in [6, 6.07) is 9.95. The van der Waals surface area contributed by atoms with Crippen LogP contribution >= 0.6 is 11.3 Å². The van der Waals surface area contributed by atoms with E-state index in [-0.39, 0.29) is 11.8 Å². The molecule has 2 aromatic carbocycles. The molecule has 2 amide bonds. The van der Waals surface area contributed by atoms with Crippen molar-refractivity contribution in [3.8, 4) is 0 Å². The Bertz CT molecular complexity index is 978. The van der Waals surface area contributed by atoms with Gasteiger partial charge in [-0.15, -0.1) is 0 Å². The van der Waals surface area contributed by atoms with Gasteiger partial charge in [-0.1, -0.05) is 17.4 Å². The maximum absolute atomic E-state index is 13.0. The van der Waals surface area contributed by atoms with Crippen LogP contribution in [0.2, 0.25) is 0 Å². The highest BCUT2D eigenvalue weighted by atomic mass is 32.1. The topological polar surface area (TPSA) is 48.5 Å². The van der Waals surface area contributed by atoms with Crippen LogP contribution in [0.3, 0.4) is 0 Å². The Morgan fingerprint density at radius 1 is 1.11 bits per heavy atom. The normalized spacial score (nSPS) is 14.6. The first-order valence-electron chi connectivity index (χ1n) is 8.94. The van der Waals surface area contributed by atoms with Crippen LogP contribution in [-0.2, 0) is 0 Å². The van der Waals surface area contributed by atoms with Gasteiger partial charge in [0.15, 0.2) is 5.13 Å². The Morgan fingerprint density at radius 2 is 1.81 bits per heavy atom. The molecule has 0 bridgehead atoms. The molecule has 0 radical (unpaired) electrons. The lowest BCUT2D eigenvalue weighted by molar-refractivity contribution is 0.208.